The zero-order chi connectivity index (χ0) is 15.8. The Morgan fingerprint density at radius 1 is 1.48 bits per heavy atom. The van der Waals surface area contributed by atoms with Crippen LogP contribution < -0.4 is 4.90 Å². The first-order valence-electron chi connectivity index (χ1n) is 7.52. The van der Waals surface area contributed by atoms with E-state index in [9.17, 15) is 15.0 Å². The standard InChI is InChI=1S/C15H25NO5/c1-9(2)15(19,10(3)20-4)14(18)21-12-6-8-16-7-5-11(17)13(12)16/h6,9-11,13,17,19H,5,7-8H2,1-4H3/p+1/t10-,11-,13-,15+/m1/s1. The second-order valence-corrected chi connectivity index (χ2v) is 6.30. The molecule has 0 spiro atoms. The highest BCUT2D eigenvalue weighted by Gasteiger charge is 2.50. The number of nitrogens with one attached hydrogen (secondary N) is 1. The Bertz CT molecular complexity index is 436. The summed E-state index contributed by atoms with van der Waals surface area (Å²) >= 11 is 0. The molecule has 3 N–H and O–H groups in total. The summed E-state index contributed by atoms with van der Waals surface area (Å²) in [6.07, 6.45) is 1.37. The largest absolute Gasteiger partial charge is 0.422 e. The lowest BCUT2D eigenvalue weighted by Crippen LogP contribution is -3.12. The highest BCUT2D eigenvalue weighted by atomic mass is 16.6. The second kappa shape index (κ2) is 6.04. The van der Waals surface area contributed by atoms with Gasteiger partial charge in [0.2, 0.25) is 0 Å². The molecule has 0 bridgehead atoms. The van der Waals surface area contributed by atoms with Gasteiger partial charge in [0.05, 0.1) is 12.6 Å². The third-order valence-corrected chi connectivity index (χ3v) is 4.85. The van der Waals surface area contributed by atoms with Crippen LogP contribution in [0.1, 0.15) is 27.2 Å². The normalized spacial score (nSPS) is 32.5. The third kappa shape index (κ3) is 2.73. The lowest BCUT2D eigenvalue weighted by atomic mass is 9.85. The van der Waals surface area contributed by atoms with Gasteiger partial charge in [-0.2, -0.15) is 0 Å². The molecule has 0 aromatic carbocycles. The summed E-state index contributed by atoms with van der Waals surface area (Å²) in [6.45, 7) is 6.76. The summed E-state index contributed by atoms with van der Waals surface area (Å²) in [6, 6.07) is -0.191. The van der Waals surface area contributed by atoms with Crippen LogP contribution in [0, 0.1) is 5.92 Å². The Kier molecular flexibility index (Phi) is 4.72. The van der Waals surface area contributed by atoms with Crippen LogP contribution in [-0.2, 0) is 14.3 Å². The molecule has 0 aromatic heterocycles. The van der Waals surface area contributed by atoms with Gasteiger partial charge in [-0.15, -0.1) is 0 Å². The molecular formula is C15H26NO5+. The van der Waals surface area contributed by atoms with Gasteiger partial charge in [-0.05, 0) is 12.8 Å². The van der Waals surface area contributed by atoms with Crippen molar-refractivity contribution in [3.05, 3.63) is 11.8 Å². The summed E-state index contributed by atoms with van der Waals surface area (Å²) in [5.41, 5.74) is -1.71. The molecule has 6 heteroatoms. The molecule has 1 saturated heterocycles. The number of aliphatic hydroxyl groups excluding tert-OH is 1. The third-order valence-electron chi connectivity index (χ3n) is 4.85. The lowest BCUT2D eigenvalue weighted by molar-refractivity contribution is -0.898. The van der Waals surface area contributed by atoms with Crippen LogP contribution in [0.4, 0.5) is 0 Å². The van der Waals surface area contributed by atoms with Crippen molar-refractivity contribution in [3.63, 3.8) is 0 Å². The number of hydrogen-bond donors (Lipinski definition) is 3. The lowest BCUT2D eigenvalue weighted by Gasteiger charge is -2.34. The zero-order valence-electron chi connectivity index (χ0n) is 13.1. The second-order valence-electron chi connectivity index (χ2n) is 6.30. The number of hydrogen-bond acceptors (Lipinski definition) is 5. The van der Waals surface area contributed by atoms with Crippen LogP contribution in [0.3, 0.4) is 0 Å². The van der Waals surface area contributed by atoms with E-state index in [-0.39, 0.29) is 12.0 Å². The molecule has 6 nitrogen and oxygen atoms in total. The predicted octanol–water partition coefficient (Wildman–Crippen LogP) is -1.13. The van der Waals surface area contributed by atoms with E-state index in [1.54, 1.807) is 20.8 Å². The van der Waals surface area contributed by atoms with E-state index < -0.39 is 23.8 Å². The first-order valence-corrected chi connectivity index (χ1v) is 7.52. The number of esters is 1. The fourth-order valence-corrected chi connectivity index (χ4v) is 3.25. The van der Waals surface area contributed by atoms with Gasteiger partial charge in [0, 0.05) is 19.6 Å². The maximum atomic E-state index is 12.5. The van der Waals surface area contributed by atoms with Crippen LogP contribution in [0.2, 0.25) is 0 Å². The molecule has 5 atom stereocenters. The summed E-state index contributed by atoms with van der Waals surface area (Å²) in [4.78, 5) is 13.7. The van der Waals surface area contributed by atoms with E-state index >= 15 is 0 Å². The van der Waals surface area contributed by atoms with Gasteiger partial charge in [0.1, 0.15) is 12.6 Å². The van der Waals surface area contributed by atoms with E-state index in [1.807, 2.05) is 6.08 Å². The fourth-order valence-electron chi connectivity index (χ4n) is 3.25. The Morgan fingerprint density at radius 3 is 2.71 bits per heavy atom. The molecule has 0 radical (unpaired) electrons. The van der Waals surface area contributed by atoms with Crippen LogP contribution in [0.5, 0.6) is 0 Å². The fraction of sp³-hybridized carbons (Fsp3) is 0.800. The minimum absolute atomic E-state index is 0.191. The minimum atomic E-state index is -1.71. The SMILES string of the molecule is CO[C@H](C)[C@](O)(C(=O)OC1=CC[NH+]2CC[C@@H](O)[C@H]12)C(C)C. The Hall–Kier alpha value is -0.950. The first kappa shape index (κ1) is 16.4. The van der Waals surface area contributed by atoms with E-state index in [4.69, 9.17) is 9.47 Å². The van der Waals surface area contributed by atoms with Crippen LogP contribution in [0.25, 0.3) is 0 Å². The Labute approximate surface area is 125 Å². The summed E-state index contributed by atoms with van der Waals surface area (Å²) < 4.78 is 10.6. The van der Waals surface area contributed by atoms with Crippen molar-refractivity contribution in [3.8, 4) is 0 Å². The molecule has 2 aliphatic heterocycles. The number of carbonyl (C=O) groups is 1. The van der Waals surface area contributed by atoms with Gasteiger partial charge in [0.15, 0.2) is 17.4 Å². The minimum Gasteiger partial charge on any atom is -0.422 e. The van der Waals surface area contributed by atoms with E-state index in [0.717, 1.165) is 13.1 Å². The maximum Gasteiger partial charge on any atom is 0.346 e. The highest BCUT2D eigenvalue weighted by Crippen LogP contribution is 2.27. The monoisotopic (exact) mass is 300 g/mol. The quantitative estimate of drug-likeness (QED) is 0.560. The molecule has 0 saturated carbocycles. The number of aliphatic hydroxyl groups is 2. The summed E-state index contributed by atoms with van der Waals surface area (Å²) in [7, 11) is 1.45. The van der Waals surface area contributed by atoms with Gasteiger partial charge >= 0.3 is 5.97 Å². The van der Waals surface area contributed by atoms with Crippen molar-refractivity contribution in [1.82, 2.24) is 0 Å². The first-order chi connectivity index (χ1) is 9.82. The highest BCUT2D eigenvalue weighted by molar-refractivity contribution is 5.81. The van der Waals surface area contributed by atoms with Crippen molar-refractivity contribution in [1.29, 1.82) is 0 Å². The molecule has 2 rings (SSSR count). The smallest absolute Gasteiger partial charge is 0.346 e. The molecule has 0 aromatic rings. The van der Waals surface area contributed by atoms with Gasteiger partial charge < -0.3 is 24.6 Å². The Morgan fingerprint density at radius 2 is 2.14 bits per heavy atom. The molecular weight excluding hydrogens is 274 g/mol. The summed E-state index contributed by atoms with van der Waals surface area (Å²) in [5, 5.41) is 20.7. The number of ether oxygens (including phenoxy) is 2. The number of fused-ring (bicyclic) bond motifs is 1. The number of carbonyl (C=O) groups excluding carboxylic acids is 1. The average Bonchev–Trinajstić information content (AvgIpc) is 3.01. The van der Waals surface area contributed by atoms with Crippen molar-refractivity contribution in [2.24, 2.45) is 5.92 Å². The molecule has 2 heterocycles. The van der Waals surface area contributed by atoms with Crippen LogP contribution in [-0.4, -0.2) is 60.2 Å². The predicted molar refractivity (Wildman–Crippen MR) is 75.5 cm³/mol. The Balaban J connectivity index is 2.13. The van der Waals surface area contributed by atoms with Gasteiger partial charge in [-0.25, -0.2) is 4.79 Å². The van der Waals surface area contributed by atoms with Crippen LogP contribution in [0.15, 0.2) is 11.8 Å². The van der Waals surface area contributed by atoms with Gasteiger partial charge in [-0.3, -0.25) is 0 Å². The topological polar surface area (TPSA) is 80.4 Å². The summed E-state index contributed by atoms with van der Waals surface area (Å²) in [5.74, 6) is -0.584. The van der Waals surface area contributed by atoms with Crippen molar-refractivity contribution in [2.45, 2.75) is 51.0 Å². The molecule has 0 amide bonds. The number of methoxy groups -OCH3 is 1. The van der Waals surface area contributed by atoms with E-state index in [0.29, 0.717) is 12.2 Å². The number of quaternary nitrogens is 1. The molecule has 0 aliphatic carbocycles. The molecule has 21 heavy (non-hydrogen) atoms. The zero-order valence-corrected chi connectivity index (χ0v) is 13.1. The molecule has 1 unspecified atom stereocenters. The van der Waals surface area contributed by atoms with E-state index in [2.05, 4.69) is 0 Å². The van der Waals surface area contributed by atoms with Crippen molar-refractivity contribution < 1.29 is 29.4 Å². The van der Waals surface area contributed by atoms with Gasteiger partial charge in [0.25, 0.3) is 0 Å². The van der Waals surface area contributed by atoms with E-state index in [1.165, 1.54) is 12.0 Å². The molecule has 120 valence electrons. The van der Waals surface area contributed by atoms with Crippen molar-refractivity contribution in [2.75, 3.05) is 20.2 Å². The van der Waals surface area contributed by atoms with Crippen molar-refractivity contribution >= 4 is 5.97 Å². The molecule has 2 aliphatic rings. The van der Waals surface area contributed by atoms with Gasteiger partial charge in [-0.1, -0.05) is 13.8 Å². The maximum absolute atomic E-state index is 12.5. The van der Waals surface area contributed by atoms with Crippen LogP contribution >= 0.6 is 0 Å². The average molecular weight is 300 g/mol. The number of rotatable bonds is 5. The molecule has 1 fully saturated rings.